The highest BCUT2D eigenvalue weighted by molar-refractivity contribution is 7.51. The summed E-state index contributed by atoms with van der Waals surface area (Å²) in [5.74, 6) is 0.456. The number of rotatable bonds is 4. The third-order valence-corrected chi connectivity index (χ3v) is 5.38. The number of hydrogen-bond donors (Lipinski definition) is 4. The Kier molecular flexibility index (Phi) is 4.66. The summed E-state index contributed by atoms with van der Waals surface area (Å²) in [6.45, 7) is 0.757. The van der Waals surface area contributed by atoms with E-state index >= 15 is 0 Å². The number of carboxylic acid groups (broad SMARTS) is 1. The van der Waals surface area contributed by atoms with E-state index in [0.29, 0.717) is 30.6 Å². The van der Waals surface area contributed by atoms with Crippen LogP contribution < -0.4 is 5.32 Å². The summed E-state index contributed by atoms with van der Waals surface area (Å²) in [6.07, 6.45) is 4.10. The molecule has 0 unspecified atom stereocenters. The average molecular weight is 291 g/mol. The Morgan fingerprint density at radius 1 is 1.21 bits per heavy atom. The van der Waals surface area contributed by atoms with Crippen LogP contribution >= 0.6 is 7.60 Å². The van der Waals surface area contributed by atoms with Crippen LogP contribution in [0.1, 0.15) is 32.1 Å². The fourth-order valence-corrected chi connectivity index (χ4v) is 4.16. The van der Waals surface area contributed by atoms with Gasteiger partial charge in [0.25, 0.3) is 0 Å². The monoisotopic (exact) mass is 291 g/mol. The molecule has 0 amide bonds. The lowest BCUT2D eigenvalue weighted by molar-refractivity contribution is -0.141. The Bertz CT molecular complexity index is 382. The second-order valence-corrected chi connectivity index (χ2v) is 7.69. The van der Waals surface area contributed by atoms with Crippen LogP contribution in [-0.2, 0) is 9.36 Å². The fraction of sp³-hybridized carbons (Fsp3) is 0.917. The van der Waals surface area contributed by atoms with E-state index in [4.69, 9.17) is 14.9 Å². The Balaban J connectivity index is 1.86. The molecule has 4 atom stereocenters. The van der Waals surface area contributed by atoms with Gasteiger partial charge in [-0.25, -0.2) is 0 Å². The lowest BCUT2D eigenvalue weighted by Gasteiger charge is -2.41. The summed E-state index contributed by atoms with van der Waals surface area (Å²) in [6, 6.07) is -0.457. The molecule has 2 aliphatic rings. The molecule has 0 aromatic carbocycles. The summed E-state index contributed by atoms with van der Waals surface area (Å²) in [5.41, 5.74) is 0. The molecular weight excluding hydrogens is 269 g/mol. The molecular formula is C12H22NO5P. The van der Waals surface area contributed by atoms with Gasteiger partial charge >= 0.3 is 13.6 Å². The first-order valence-corrected chi connectivity index (χ1v) is 8.65. The van der Waals surface area contributed by atoms with Crippen molar-refractivity contribution in [2.24, 2.45) is 17.8 Å². The average Bonchev–Trinajstić information content (AvgIpc) is 2.34. The molecule has 7 heteroatoms. The highest BCUT2D eigenvalue weighted by atomic mass is 31.2. The zero-order valence-corrected chi connectivity index (χ0v) is 11.8. The van der Waals surface area contributed by atoms with Crippen LogP contribution in [0.4, 0.5) is 0 Å². The Morgan fingerprint density at radius 3 is 2.58 bits per heavy atom. The maximum atomic E-state index is 11.0. The highest BCUT2D eigenvalue weighted by Gasteiger charge is 2.37. The third kappa shape index (κ3) is 4.28. The normalized spacial score (nSPS) is 35.7. The van der Waals surface area contributed by atoms with Crippen LogP contribution in [-0.4, -0.2) is 39.6 Å². The van der Waals surface area contributed by atoms with E-state index in [1.165, 1.54) is 0 Å². The lowest BCUT2D eigenvalue weighted by Crippen LogP contribution is -2.49. The van der Waals surface area contributed by atoms with Crippen molar-refractivity contribution in [2.75, 3.05) is 12.7 Å². The number of nitrogens with one attached hydrogen (secondary N) is 1. The predicted molar refractivity (Wildman–Crippen MR) is 69.9 cm³/mol. The quantitative estimate of drug-likeness (QED) is 0.576. The van der Waals surface area contributed by atoms with Crippen molar-refractivity contribution in [3.63, 3.8) is 0 Å². The van der Waals surface area contributed by atoms with E-state index in [1.807, 2.05) is 0 Å². The number of carbonyl (C=O) groups is 1. The highest BCUT2D eigenvalue weighted by Crippen LogP contribution is 2.43. The fourth-order valence-electron chi connectivity index (χ4n) is 3.46. The van der Waals surface area contributed by atoms with Gasteiger partial charge in [0, 0.05) is 0 Å². The van der Waals surface area contributed by atoms with Crippen molar-refractivity contribution < 1.29 is 24.3 Å². The zero-order valence-electron chi connectivity index (χ0n) is 10.9. The van der Waals surface area contributed by atoms with E-state index in [9.17, 15) is 9.36 Å². The van der Waals surface area contributed by atoms with Gasteiger partial charge < -0.3 is 20.2 Å². The molecule has 110 valence electrons. The van der Waals surface area contributed by atoms with Gasteiger partial charge in [-0.15, -0.1) is 0 Å². The number of piperidine rings is 1. The summed E-state index contributed by atoms with van der Waals surface area (Å²) < 4.78 is 10.9. The van der Waals surface area contributed by atoms with Gasteiger partial charge in [0.15, 0.2) is 0 Å². The van der Waals surface area contributed by atoms with Crippen LogP contribution in [0.3, 0.4) is 0 Å². The van der Waals surface area contributed by atoms with Gasteiger partial charge in [0.05, 0.1) is 6.16 Å². The first-order chi connectivity index (χ1) is 8.85. The molecule has 1 aliphatic heterocycles. The second kappa shape index (κ2) is 5.92. The second-order valence-electron chi connectivity index (χ2n) is 5.91. The molecule has 0 aromatic rings. The summed E-state index contributed by atoms with van der Waals surface area (Å²) in [7, 11) is -3.90. The molecule has 1 aliphatic carbocycles. The van der Waals surface area contributed by atoms with Crippen molar-refractivity contribution in [1.82, 2.24) is 5.32 Å². The standard InChI is InChI=1S/C12H22NO5P/c14-12(15)11-6-10-5-8(3-4-19(16,17)18)1-2-9(10)7-13-11/h8-11,13H,1-7H2,(H,14,15)(H2,16,17,18)/t8-,9+,10-,11+/m0/s1. The molecule has 0 aromatic heterocycles. The maximum Gasteiger partial charge on any atom is 0.325 e. The molecule has 4 N–H and O–H groups in total. The molecule has 1 saturated heterocycles. The summed E-state index contributed by atoms with van der Waals surface area (Å²) in [5, 5.41) is 12.1. The van der Waals surface area contributed by atoms with Gasteiger partial charge in [-0.3, -0.25) is 9.36 Å². The van der Waals surface area contributed by atoms with Crippen molar-refractivity contribution in [2.45, 2.75) is 38.1 Å². The summed E-state index contributed by atoms with van der Waals surface area (Å²) in [4.78, 5) is 28.8. The molecule has 1 heterocycles. The van der Waals surface area contributed by atoms with E-state index in [-0.39, 0.29) is 6.16 Å². The topological polar surface area (TPSA) is 107 Å². The third-order valence-electron chi connectivity index (χ3n) is 4.54. The van der Waals surface area contributed by atoms with E-state index in [2.05, 4.69) is 5.32 Å². The van der Waals surface area contributed by atoms with Gasteiger partial charge in [0.1, 0.15) is 6.04 Å². The minimum atomic E-state index is -3.90. The maximum absolute atomic E-state index is 11.0. The number of carboxylic acids is 1. The molecule has 2 rings (SSSR count). The molecule has 0 spiro atoms. The Morgan fingerprint density at radius 2 is 1.95 bits per heavy atom. The van der Waals surface area contributed by atoms with Crippen molar-refractivity contribution in [1.29, 1.82) is 0 Å². The minimum absolute atomic E-state index is 0.0460. The smallest absolute Gasteiger partial charge is 0.325 e. The van der Waals surface area contributed by atoms with Crippen LogP contribution in [0.25, 0.3) is 0 Å². The van der Waals surface area contributed by atoms with Crippen LogP contribution in [0, 0.1) is 17.8 Å². The van der Waals surface area contributed by atoms with Crippen LogP contribution in [0.15, 0.2) is 0 Å². The number of hydrogen-bond acceptors (Lipinski definition) is 3. The zero-order chi connectivity index (χ0) is 14.0. The van der Waals surface area contributed by atoms with Crippen molar-refractivity contribution in [3.05, 3.63) is 0 Å². The van der Waals surface area contributed by atoms with Crippen LogP contribution in [0.2, 0.25) is 0 Å². The first-order valence-electron chi connectivity index (χ1n) is 6.86. The van der Waals surface area contributed by atoms with Crippen molar-refractivity contribution in [3.8, 4) is 0 Å². The van der Waals surface area contributed by atoms with Gasteiger partial charge in [-0.2, -0.15) is 0 Å². The SMILES string of the molecule is O=C(O)[C@H]1C[C@@H]2C[C@H](CCP(=O)(O)O)CC[C@@H]2CN1. The van der Waals surface area contributed by atoms with Gasteiger partial charge in [-0.05, 0) is 50.0 Å². The number of fused-ring (bicyclic) bond motifs is 1. The summed E-state index contributed by atoms with van der Waals surface area (Å²) >= 11 is 0. The lowest BCUT2D eigenvalue weighted by atomic mass is 9.69. The van der Waals surface area contributed by atoms with E-state index in [1.54, 1.807) is 0 Å². The predicted octanol–water partition coefficient (Wildman–Crippen LogP) is 1.03. The van der Waals surface area contributed by atoms with Crippen LogP contribution in [0.5, 0.6) is 0 Å². The van der Waals surface area contributed by atoms with Gasteiger partial charge in [0.2, 0.25) is 0 Å². The molecule has 1 saturated carbocycles. The molecule has 6 nitrogen and oxygen atoms in total. The molecule has 0 bridgehead atoms. The Hall–Kier alpha value is -0.420. The molecule has 2 fully saturated rings. The first kappa shape index (κ1) is 15.0. The minimum Gasteiger partial charge on any atom is -0.480 e. The van der Waals surface area contributed by atoms with E-state index in [0.717, 1.165) is 25.8 Å². The van der Waals surface area contributed by atoms with E-state index < -0.39 is 19.6 Å². The largest absolute Gasteiger partial charge is 0.480 e. The Labute approximate surface area is 112 Å². The number of aliphatic carboxylic acids is 1. The van der Waals surface area contributed by atoms with Gasteiger partial charge in [-0.1, -0.05) is 6.42 Å². The molecule has 0 radical (unpaired) electrons. The molecule has 19 heavy (non-hydrogen) atoms. The van der Waals surface area contributed by atoms with Crippen molar-refractivity contribution >= 4 is 13.6 Å².